The van der Waals surface area contributed by atoms with E-state index in [1.807, 2.05) is 24.3 Å². The van der Waals surface area contributed by atoms with Crippen molar-refractivity contribution in [2.45, 2.75) is 6.61 Å². The van der Waals surface area contributed by atoms with Crippen molar-refractivity contribution in [2.75, 3.05) is 7.11 Å². The molecular weight excluding hydrogens is 422 g/mol. The fraction of sp³-hybridized carbons (Fsp3) is 0.0800. The van der Waals surface area contributed by atoms with E-state index in [4.69, 9.17) is 9.47 Å². The van der Waals surface area contributed by atoms with Crippen molar-refractivity contribution >= 4 is 34.8 Å². The zero-order valence-corrected chi connectivity index (χ0v) is 17.7. The predicted molar refractivity (Wildman–Crippen MR) is 124 cm³/mol. The summed E-state index contributed by atoms with van der Waals surface area (Å²) in [7, 11) is 1.33. The summed E-state index contributed by atoms with van der Waals surface area (Å²) in [5.41, 5.74) is 3.83. The number of non-ortho nitro benzene ring substituents is 1. The van der Waals surface area contributed by atoms with Gasteiger partial charge in [0.25, 0.3) is 5.69 Å². The molecule has 0 aliphatic heterocycles. The van der Waals surface area contributed by atoms with Crippen LogP contribution in [-0.2, 0) is 11.3 Å². The second-order valence-electron chi connectivity index (χ2n) is 7.07. The number of benzene rings is 3. The molecular formula is C25H19N3O5. The highest BCUT2D eigenvalue weighted by Crippen LogP contribution is 2.23. The fourth-order valence-corrected chi connectivity index (χ4v) is 3.14. The molecule has 1 aromatic heterocycles. The number of nitro benzene ring substituents is 1. The molecule has 164 valence electrons. The molecule has 0 atom stereocenters. The van der Waals surface area contributed by atoms with E-state index in [-0.39, 0.29) is 12.3 Å². The topological polar surface area (TPSA) is 104 Å². The number of nitrogens with zero attached hydrogens (tertiary/aromatic N) is 3. The van der Waals surface area contributed by atoms with Crippen molar-refractivity contribution in [2.24, 2.45) is 0 Å². The highest BCUT2D eigenvalue weighted by molar-refractivity contribution is 5.89. The number of methoxy groups -OCH3 is 1. The molecule has 33 heavy (non-hydrogen) atoms. The van der Waals surface area contributed by atoms with Crippen LogP contribution in [0.5, 0.6) is 5.88 Å². The largest absolute Gasteiger partial charge is 0.471 e. The first-order chi connectivity index (χ1) is 16.0. The maximum Gasteiger partial charge on any atom is 0.337 e. The molecule has 0 bridgehead atoms. The quantitative estimate of drug-likeness (QED) is 0.224. The van der Waals surface area contributed by atoms with Crippen molar-refractivity contribution in [1.82, 2.24) is 9.97 Å². The molecule has 0 amide bonds. The number of hydrogen-bond donors (Lipinski definition) is 0. The Hall–Kier alpha value is -4.59. The van der Waals surface area contributed by atoms with Crippen LogP contribution in [0.15, 0.2) is 72.8 Å². The Morgan fingerprint density at radius 3 is 2.39 bits per heavy atom. The molecule has 0 N–H and O–H groups in total. The first kappa shape index (κ1) is 21.6. The normalized spacial score (nSPS) is 10.9. The average molecular weight is 441 g/mol. The summed E-state index contributed by atoms with van der Waals surface area (Å²) in [6.07, 6.45) is 3.44. The van der Waals surface area contributed by atoms with Gasteiger partial charge >= 0.3 is 5.97 Å². The standard InChI is InChI=1S/C25H19N3O5/c1-32-25(29)19-12-9-18(10-13-19)16-33-24-23(26-21-7-2-3-8-22(21)27-24)14-11-17-5-4-6-20(15-17)28(30)31/h2-15H,16H2,1H3. The molecule has 3 aromatic carbocycles. The lowest BCUT2D eigenvalue weighted by Crippen LogP contribution is -2.03. The highest BCUT2D eigenvalue weighted by Gasteiger charge is 2.10. The monoisotopic (exact) mass is 441 g/mol. The first-order valence-corrected chi connectivity index (χ1v) is 10.0. The molecule has 0 aliphatic rings. The van der Waals surface area contributed by atoms with Crippen LogP contribution in [0.2, 0.25) is 0 Å². The van der Waals surface area contributed by atoms with Crippen LogP contribution in [-0.4, -0.2) is 28.0 Å². The minimum absolute atomic E-state index is 0.00798. The SMILES string of the molecule is COC(=O)c1ccc(COc2nc3ccccc3nc2C=Cc2cccc([N+](=O)[O-])c2)cc1. The third-order valence-corrected chi connectivity index (χ3v) is 4.83. The molecule has 0 saturated carbocycles. The smallest absolute Gasteiger partial charge is 0.337 e. The number of aromatic nitrogens is 2. The number of para-hydroxylation sites is 2. The molecule has 8 heteroatoms. The van der Waals surface area contributed by atoms with Crippen LogP contribution >= 0.6 is 0 Å². The summed E-state index contributed by atoms with van der Waals surface area (Å²) in [5, 5.41) is 11.0. The van der Waals surface area contributed by atoms with E-state index in [2.05, 4.69) is 9.97 Å². The van der Waals surface area contributed by atoms with Crippen molar-refractivity contribution in [3.05, 3.63) is 105 Å². The van der Waals surface area contributed by atoms with Gasteiger partial charge in [0.1, 0.15) is 12.3 Å². The Morgan fingerprint density at radius 1 is 0.970 bits per heavy atom. The van der Waals surface area contributed by atoms with Crippen LogP contribution < -0.4 is 4.74 Å². The third kappa shape index (κ3) is 5.19. The van der Waals surface area contributed by atoms with Crippen molar-refractivity contribution < 1.29 is 19.2 Å². The summed E-state index contributed by atoms with van der Waals surface area (Å²) in [6, 6.07) is 20.6. The molecule has 0 unspecified atom stereocenters. The first-order valence-electron chi connectivity index (χ1n) is 10.0. The summed E-state index contributed by atoms with van der Waals surface area (Å²) in [4.78, 5) is 31.4. The van der Waals surface area contributed by atoms with E-state index < -0.39 is 10.9 Å². The lowest BCUT2D eigenvalue weighted by molar-refractivity contribution is -0.384. The zero-order valence-electron chi connectivity index (χ0n) is 17.7. The third-order valence-electron chi connectivity index (χ3n) is 4.83. The van der Waals surface area contributed by atoms with Gasteiger partial charge in [-0.2, -0.15) is 0 Å². The van der Waals surface area contributed by atoms with Crippen LogP contribution in [0.3, 0.4) is 0 Å². The average Bonchev–Trinajstić information content (AvgIpc) is 2.86. The number of fused-ring (bicyclic) bond motifs is 1. The minimum atomic E-state index is -0.437. The molecule has 4 aromatic rings. The molecule has 1 heterocycles. The number of carbonyl (C=O) groups excluding carboxylic acids is 1. The Morgan fingerprint density at radius 2 is 1.70 bits per heavy atom. The molecule has 0 saturated heterocycles. The van der Waals surface area contributed by atoms with Gasteiger partial charge < -0.3 is 9.47 Å². The molecule has 0 spiro atoms. The van der Waals surface area contributed by atoms with E-state index in [9.17, 15) is 14.9 Å². The Bertz CT molecular complexity index is 1350. The van der Waals surface area contributed by atoms with Gasteiger partial charge in [0.2, 0.25) is 5.88 Å². The number of esters is 1. The lowest BCUT2D eigenvalue weighted by atomic mass is 10.1. The number of nitro groups is 1. The number of hydrogen-bond acceptors (Lipinski definition) is 7. The maximum absolute atomic E-state index is 11.6. The molecule has 8 nitrogen and oxygen atoms in total. The van der Waals surface area contributed by atoms with Gasteiger partial charge in [0, 0.05) is 12.1 Å². The van der Waals surface area contributed by atoms with Crippen molar-refractivity contribution in [1.29, 1.82) is 0 Å². The Kier molecular flexibility index (Phi) is 6.36. The van der Waals surface area contributed by atoms with Crippen molar-refractivity contribution in [3.63, 3.8) is 0 Å². The van der Waals surface area contributed by atoms with Gasteiger partial charge in [-0.3, -0.25) is 10.1 Å². The van der Waals surface area contributed by atoms with Gasteiger partial charge in [-0.15, -0.1) is 0 Å². The predicted octanol–water partition coefficient (Wildman–Crippen LogP) is 5.07. The summed E-state index contributed by atoms with van der Waals surface area (Å²) < 4.78 is 10.7. The fourth-order valence-electron chi connectivity index (χ4n) is 3.14. The van der Waals surface area contributed by atoms with E-state index in [1.165, 1.54) is 19.2 Å². The van der Waals surface area contributed by atoms with Gasteiger partial charge in [0.15, 0.2) is 0 Å². The van der Waals surface area contributed by atoms with E-state index in [0.717, 1.165) is 5.56 Å². The van der Waals surface area contributed by atoms with Crippen LogP contribution in [0, 0.1) is 10.1 Å². The van der Waals surface area contributed by atoms with Crippen molar-refractivity contribution in [3.8, 4) is 5.88 Å². The van der Waals surface area contributed by atoms with E-state index in [1.54, 1.807) is 48.6 Å². The van der Waals surface area contributed by atoms with Crippen LogP contribution in [0.25, 0.3) is 23.2 Å². The molecule has 0 aliphatic carbocycles. The van der Waals surface area contributed by atoms with E-state index >= 15 is 0 Å². The Labute approximate surface area is 189 Å². The number of carbonyl (C=O) groups is 1. The van der Waals surface area contributed by atoms with Crippen LogP contribution in [0.1, 0.15) is 27.2 Å². The molecule has 0 radical (unpaired) electrons. The number of rotatable bonds is 7. The van der Waals surface area contributed by atoms with Gasteiger partial charge in [-0.1, -0.05) is 42.5 Å². The summed E-state index contributed by atoms with van der Waals surface area (Å²) in [6.45, 7) is 0.214. The Balaban J connectivity index is 1.61. The van der Waals surface area contributed by atoms with Gasteiger partial charge in [-0.05, 0) is 41.5 Å². The lowest BCUT2D eigenvalue weighted by Gasteiger charge is -2.10. The maximum atomic E-state index is 11.6. The van der Waals surface area contributed by atoms with Crippen LogP contribution in [0.4, 0.5) is 5.69 Å². The second-order valence-corrected chi connectivity index (χ2v) is 7.07. The minimum Gasteiger partial charge on any atom is -0.471 e. The molecule has 0 fully saturated rings. The number of ether oxygens (including phenoxy) is 2. The molecule has 4 rings (SSSR count). The summed E-state index contributed by atoms with van der Waals surface area (Å²) in [5.74, 6) is -0.0798. The highest BCUT2D eigenvalue weighted by atomic mass is 16.6. The van der Waals surface area contributed by atoms with Gasteiger partial charge in [0.05, 0.1) is 28.6 Å². The second kappa shape index (κ2) is 9.69. The summed E-state index contributed by atoms with van der Waals surface area (Å²) >= 11 is 0. The van der Waals surface area contributed by atoms with Gasteiger partial charge in [-0.25, -0.2) is 14.8 Å². The van der Waals surface area contributed by atoms with E-state index in [0.29, 0.717) is 33.7 Å². The zero-order chi connectivity index (χ0) is 23.2.